The minimum absolute atomic E-state index is 0.250. The van der Waals surface area contributed by atoms with Gasteiger partial charge in [0.1, 0.15) is 11.5 Å². The van der Waals surface area contributed by atoms with Crippen molar-refractivity contribution in [1.29, 1.82) is 0 Å². The molecule has 0 atom stereocenters. The third-order valence-electron chi connectivity index (χ3n) is 2.18. The number of phenols is 2. The Morgan fingerprint density at radius 1 is 0.900 bits per heavy atom. The van der Waals surface area contributed by atoms with Crippen molar-refractivity contribution in [2.24, 2.45) is 0 Å². The van der Waals surface area contributed by atoms with Crippen LogP contribution in [0.25, 0.3) is 0 Å². The summed E-state index contributed by atoms with van der Waals surface area (Å²) in [4.78, 5) is 0. The van der Waals surface area contributed by atoms with Gasteiger partial charge in [0.25, 0.3) is 0 Å². The molecule has 0 spiro atoms. The average Bonchev–Trinajstić information content (AvgIpc) is 2.38. The van der Waals surface area contributed by atoms with Crippen molar-refractivity contribution in [2.45, 2.75) is 20.8 Å². The van der Waals surface area contributed by atoms with Crippen LogP contribution in [0.15, 0.2) is 42.5 Å². The van der Waals surface area contributed by atoms with E-state index in [0.29, 0.717) is 5.75 Å². The van der Waals surface area contributed by atoms with Crippen LogP contribution in [-0.4, -0.2) is 21.9 Å². The number of para-hydroxylation sites is 1. The first kappa shape index (κ1) is 18.3. The highest BCUT2D eigenvalue weighted by Gasteiger charge is 1.99. The first-order chi connectivity index (χ1) is 9.42. The number of aliphatic hydroxyl groups is 1. The van der Waals surface area contributed by atoms with Gasteiger partial charge in [-0.15, -0.1) is 0 Å². The van der Waals surface area contributed by atoms with Crippen molar-refractivity contribution in [3.8, 4) is 11.5 Å². The number of hydrogen-bond acceptors (Lipinski definition) is 3. The number of rotatable bonds is 0. The monoisotopic (exact) mass is 296 g/mol. The van der Waals surface area contributed by atoms with E-state index in [-0.39, 0.29) is 12.4 Å². The van der Waals surface area contributed by atoms with Gasteiger partial charge < -0.3 is 15.3 Å². The standard InChI is InChI=1S/C8H9ClO.C6H6O.C2H6O/c1-5-3-7(10)4-6(2)8(5)9;7-6-4-2-1-3-5-6;1-2-3/h3-4,10H,1-2H3;1-5,7H;3H,2H2,1H3. The summed E-state index contributed by atoms with van der Waals surface area (Å²) in [5.74, 6) is 0.599. The highest BCUT2D eigenvalue weighted by molar-refractivity contribution is 6.32. The molecule has 0 saturated carbocycles. The Bertz CT molecular complexity index is 475. The fourth-order valence-corrected chi connectivity index (χ4v) is 1.46. The lowest BCUT2D eigenvalue weighted by molar-refractivity contribution is 0.318. The summed E-state index contributed by atoms with van der Waals surface area (Å²) in [5, 5.41) is 26.0. The molecule has 0 radical (unpaired) electrons. The van der Waals surface area contributed by atoms with Crippen molar-refractivity contribution in [2.75, 3.05) is 6.61 Å². The Kier molecular flexibility index (Phi) is 9.26. The zero-order chi connectivity index (χ0) is 15.5. The van der Waals surface area contributed by atoms with E-state index >= 15 is 0 Å². The molecule has 0 fully saturated rings. The molecular weight excluding hydrogens is 276 g/mol. The highest BCUT2D eigenvalue weighted by atomic mass is 35.5. The van der Waals surface area contributed by atoms with Crippen LogP contribution < -0.4 is 0 Å². The molecule has 110 valence electrons. The summed E-state index contributed by atoms with van der Waals surface area (Å²) in [7, 11) is 0. The third-order valence-corrected chi connectivity index (χ3v) is 2.77. The maximum absolute atomic E-state index is 9.06. The van der Waals surface area contributed by atoms with Gasteiger partial charge in [-0.25, -0.2) is 0 Å². The number of halogens is 1. The second kappa shape index (κ2) is 10.1. The summed E-state index contributed by atoms with van der Waals surface area (Å²) >= 11 is 5.84. The average molecular weight is 297 g/mol. The SMILES string of the molecule is CCO.Cc1cc(O)cc(C)c1Cl.Oc1ccccc1. The van der Waals surface area contributed by atoms with E-state index in [4.69, 9.17) is 26.9 Å². The minimum atomic E-state index is 0.250. The smallest absolute Gasteiger partial charge is 0.116 e. The van der Waals surface area contributed by atoms with E-state index in [0.717, 1.165) is 16.1 Å². The minimum Gasteiger partial charge on any atom is -0.508 e. The molecule has 3 nitrogen and oxygen atoms in total. The van der Waals surface area contributed by atoms with Gasteiger partial charge in [-0.3, -0.25) is 0 Å². The lowest BCUT2D eigenvalue weighted by Gasteiger charge is -2.01. The molecule has 0 amide bonds. The molecular formula is C16H21ClO3. The lowest BCUT2D eigenvalue weighted by atomic mass is 10.1. The van der Waals surface area contributed by atoms with Gasteiger partial charge in [0.15, 0.2) is 0 Å². The lowest BCUT2D eigenvalue weighted by Crippen LogP contribution is -1.79. The zero-order valence-corrected chi connectivity index (χ0v) is 12.7. The van der Waals surface area contributed by atoms with E-state index in [9.17, 15) is 0 Å². The fraction of sp³-hybridized carbons (Fsp3) is 0.250. The molecule has 0 aliphatic carbocycles. The number of benzene rings is 2. The highest BCUT2D eigenvalue weighted by Crippen LogP contribution is 2.24. The Balaban J connectivity index is 0.000000315. The third kappa shape index (κ3) is 7.67. The molecule has 0 unspecified atom stereocenters. The molecule has 0 aromatic heterocycles. The number of aromatic hydroxyl groups is 2. The molecule has 3 N–H and O–H groups in total. The van der Waals surface area contributed by atoms with Crippen LogP contribution in [0.4, 0.5) is 0 Å². The fourth-order valence-electron chi connectivity index (χ4n) is 1.35. The van der Waals surface area contributed by atoms with Crippen LogP contribution >= 0.6 is 11.6 Å². The van der Waals surface area contributed by atoms with E-state index in [1.165, 1.54) is 0 Å². The Hall–Kier alpha value is -1.71. The zero-order valence-electron chi connectivity index (χ0n) is 12.0. The van der Waals surface area contributed by atoms with Crippen molar-refractivity contribution in [3.63, 3.8) is 0 Å². The predicted molar refractivity (Wildman–Crippen MR) is 83.5 cm³/mol. The first-order valence-corrected chi connectivity index (χ1v) is 6.60. The molecule has 20 heavy (non-hydrogen) atoms. The Labute approximate surface area is 125 Å². The molecule has 4 heteroatoms. The molecule has 2 aromatic carbocycles. The molecule has 0 heterocycles. The van der Waals surface area contributed by atoms with Crippen molar-refractivity contribution < 1.29 is 15.3 Å². The summed E-state index contributed by atoms with van der Waals surface area (Å²) in [6, 6.07) is 12.0. The van der Waals surface area contributed by atoms with Crippen LogP contribution in [-0.2, 0) is 0 Å². The summed E-state index contributed by atoms with van der Waals surface area (Å²) < 4.78 is 0. The molecule has 0 bridgehead atoms. The van der Waals surface area contributed by atoms with Crippen molar-refractivity contribution in [1.82, 2.24) is 0 Å². The molecule has 0 aliphatic rings. The Morgan fingerprint density at radius 2 is 1.30 bits per heavy atom. The van der Waals surface area contributed by atoms with Gasteiger partial charge in [0, 0.05) is 11.6 Å². The molecule has 0 saturated heterocycles. The maximum atomic E-state index is 9.06. The van der Waals surface area contributed by atoms with Crippen LogP contribution in [0.1, 0.15) is 18.1 Å². The normalized spacial score (nSPS) is 8.85. The Morgan fingerprint density at radius 3 is 1.60 bits per heavy atom. The topological polar surface area (TPSA) is 60.7 Å². The number of phenolic OH excluding ortho intramolecular Hbond substituents is 2. The largest absolute Gasteiger partial charge is 0.508 e. The van der Waals surface area contributed by atoms with Gasteiger partial charge in [0.2, 0.25) is 0 Å². The summed E-state index contributed by atoms with van der Waals surface area (Å²) in [6.45, 7) is 5.67. The van der Waals surface area contributed by atoms with E-state index in [2.05, 4.69) is 0 Å². The number of aryl methyl sites for hydroxylation is 2. The van der Waals surface area contributed by atoms with Crippen LogP contribution in [0.5, 0.6) is 11.5 Å². The first-order valence-electron chi connectivity index (χ1n) is 6.22. The van der Waals surface area contributed by atoms with Crippen molar-refractivity contribution >= 4 is 11.6 Å². The second-order valence-corrected chi connectivity index (χ2v) is 4.42. The van der Waals surface area contributed by atoms with Crippen LogP contribution in [0, 0.1) is 13.8 Å². The van der Waals surface area contributed by atoms with E-state index in [1.54, 1.807) is 43.3 Å². The predicted octanol–water partition coefficient (Wildman–Crippen LogP) is 4.05. The quantitative estimate of drug-likeness (QED) is 0.687. The van der Waals surface area contributed by atoms with E-state index in [1.807, 2.05) is 19.9 Å². The number of aliphatic hydroxyl groups excluding tert-OH is 1. The summed E-state index contributed by atoms with van der Waals surface area (Å²) in [5.41, 5.74) is 1.83. The van der Waals surface area contributed by atoms with E-state index < -0.39 is 0 Å². The molecule has 0 aliphatic heterocycles. The van der Waals surface area contributed by atoms with Crippen molar-refractivity contribution in [3.05, 3.63) is 58.6 Å². The van der Waals surface area contributed by atoms with Gasteiger partial charge in [-0.1, -0.05) is 29.8 Å². The van der Waals surface area contributed by atoms with Gasteiger partial charge in [-0.05, 0) is 56.2 Å². The maximum Gasteiger partial charge on any atom is 0.116 e. The van der Waals surface area contributed by atoms with Gasteiger partial charge in [0.05, 0.1) is 0 Å². The molecule has 2 aromatic rings. The summed E-state index contributed by atoms with van der Waals surface area (Å²) in [6.07, 6.45) is 0. The van der Waals surface area contributed by atoms with Gasteiger partial charge in [-0.2, -0.15) is 0 Å². The van der Waals surface area contributed by atoms with Crippen LogP contribution in [0.3, 0.4) is 0 Å². The van der Waals surface area contributed by atoms with Gasteiger partial charge >= 0.3 is 0 Å². The molecule has 2 rings (SSSR count). The van der Waals surface area contributed by atoms with Crippen LogP contribution in [0.2, 0.25) is 5.02 Å². The number of hydrogen-bond donors (Lipinski definition) is 3. The second-order valence-electron chi connectivity index (χ2n) is 4.05.